The van der Waals surface area contributed by atoms with Crippen LogP contribution in [0.1, 0.15) is 26.3 Å². The molecule has 22 heavy (non-hydrogen) atoms. The first kappa shape index (κ1) is 16.8. The van der Waals surface area contributed by atoms with Gasteiger partial charge < -0.3 is 24.1 Å². The molecule has 0 amide bonds. The van der Waals surface area contributed by atoms with Crippen LogP contribution in [0.15, 0.2) is 0 Å². The van der Waals surface area contributed by atoms with Crippen molar-refractivity contribution in [1.29, 1.82) is 0 Å². The van der Waals surface area contributed by atoms with Gasteiger partial charge in [0.15, 0.2) is 21.3 Å². The molecule has 1 N–H and O–H groups in total. The molecule has 1 aliphatic heterocycles. The van der Waals surface area contributed by atoms with E-state index >= 15 is 0 Å². The number of carbonyl (C=O) groups is 3. The molecule has 0 saturated heterocycles. The molecule has 0 aromatic carbocycles. The van der Waals surface area contributed by atoms with E-state index in [0.717, 1.165) is 11.3 Å². The first-order valence-electron chi connectivity index (χ1n) is 6.08. The number of halogens is 1. The standard InChI is InChI=1S/C12H11IO8S/c1-2-18-11(16)8-6-7(9(22-8)12(17)20-4-13)21-5(3-19-6)10(14)15/h5H,2-4H2,1H3,(H,14,15). The molecular weight excluding hydrogens is 431 g/mol. The van der Waals surface area contributed by atoms with Crippen LogP contribution in [-0.4, -0.2) is 46.9 Å². The van der Waals surface area contributed by atoms with Gasteiger partial charge in [-0.3, -0.25) is 0 Å². The molecule has 1 aromatic rings. The molecular formula is C12H11IO8S. The number of carboxylic acid groups (broad SMARTS) is 1. The monoisotopic (exact) mass is 442 g/mol. The van der Waals surface area contributed by atoms with E-state index in [2.05, 4.69) is 0 Å². The average molecular weight is 442 g/mol. The van der Waals surface area contributed by atoms with Gasteiger partial charge in [0.2, 0.25) is 6.10 Å². The van der Waals surface area contributed by atoms with E-state index in [9.17, 15) is 14.4 Å². The molecule has 2 rings (SSSR count). The summed E-state index contributed by atoms with van der Waals surface area (Å²) in [7, 11) is 0. The fraction of sp³-hybridized carbons (Fsp3) is 0.417. The Kier molecular flexibility index (Phi) is 5.45. The van der Waals surface area contributed by atoms with E-state index in [1.165, 1.54) is 0 Å². The zero-order chi connectivity index (χ0) is 16.3. The highest BCUT2D eigenvalue weighted by atomic mass is 127. The summed E-state index contributed by atoms with van der Waals surface area (Å²) in [6.45, 7) is 1.52. The largest absolute Gasteiger partial charge is 0.483 e. The minimum absolute atomic E-state index is 0.0151. The molecule has 1 aliphatic rings. The number of carbonyl (C=O) groups excluding carboxylic acids is 2. The van der Waals surface area contributed by atoms with E-state index < -0.39 is 24.0 Å². The van der Waals surface area contributed by atoms with E-state index in [1.807, 2.05) is 22.6 Å². The zero-order valence-electron chi connectivity index (χ0n) is 11.3. The van der Waals surface area contributed by atoms with Gasteiger partial charge in [-0.05, 0) is 29.5 Å². The van der Waals surface area contributed by atoms with E-state index in [0.29, 0.717) is 0 Å². The van der Waals surface area contributed by atoms with E-state index in [1.54, 1.807) is 6.92 Å². The third-order valence-corrected chi connectivity index (χ3v) is 3.99. The Labute approximate surface area is 142 Å². The minimum atomic E-state index is -1.26. The topological polar surface area (TPSA) is 108 Å². The Morgan fingerprint density at radius 2 is 1.91 bits per heavy atom. The van der Waals surface area contributed by atoms with Gasteiger partial charge in [0, 0.05) is 0 Å². The average Bonchev–Trinajstić information content (AvgIpc) is 2.86. The maximum atomic E-state index is 11.9. The van der Waals surface area contributed by atoms with Crippen molar-refractivity contribution in [2.24, 2.45) is 0 Å². The van der Waals surface area contributed by atoms with Gasteiger partial charge in [-0.25, -0.2) is 14.4 Å². The van der Waals surface area contributed by atoms with Crippen molar-refractivity contribution in [2.75, 3.05) is 17.8 Å². The van der Waals surface area contributed by atoms with Crippen molar-refractivity contribution in [3.8, 4) is 11.5 Å². The van der Waals surface area contributed by atoms with Crippen molar-refractivity contribution >= 4 is 51.8 Å². The van der Waals surface area contributed by atoms with Crippen molar-refractivity contribution < 1.29 is 38.4 Å². The van der Waals surface area contributed by atoms with Gasteiger partial charge in [0.25, 0.3) is 0 Å². The summed E-state index contributed by atoms with van der Waals surface area (Å²) in [4.78, 5) is 34.9. The lowest BCUT2D eigenvalue weighted by Gasteiger charge is -2.22. The SMILES string of the molecule is CCOC(=O)c1sc(C(=O)OCI)c2c1OCC(C(=O)O)O2. The number of hydrogen-bond acceptors (Lipinski definition) is 8. The summed E-state index contributed by atoms with van der Waals surface area (Å²) >= 11 is 2.63. The lowest BCUT2D eigenvalue weighted by atomic mass is 10.3. The Hall–Kier alpha value is -1.56. The van der Waals surface area contributed by atoms with Crippen molar-refractivity contribution in [3.05, 3.63) is 9.75 Å². The maximum Gasteiger partial charge on any atom is 0.353 e. The lowest BCUT2D eigenvalue weighted by Crippen LogP contribution is -2.36. The first-order valence-corrected chi connectivity index (χ1v) is 8.43. The number of alkyl halides is 1. The molecule has 1 unspecified atom stereocenters. The van der Waals surface area contributed by atoms with Gasteiger partial charge in [-0.1, -0.05) is 0 Å². The highest BCUT2D eigenvalue weighted by Gasteiger charge is 2.37. The highest BCUT2D eigenvalue weighted by Crippen LogP contribution is 2.45. The van der Waals surface area contributed by atoms with Crippen LogP contribution in [0.3, 0.4) is 0 Å². The normalized spacial score (nSPS) is 16.0. The van der Waals surface area contributed by atoms with Crippen LogP contribution in [0.2, 0.25) is 0 Å². The van der Waals surface area contributed by atoms with Gasteiger partial charge >= 0.3 is 17.9 Å². The van der Waals surface area contributed by atoms with Crippen LogP contribution in [0, 0.1) is 0 Å². The van der Waals surface area contributed by atoms with Crippen molar-refractivity contribution in [3.63, 3.8) is 0 Å². The summed E-state index contributed by atoms with van der Waals surface area (Å²) in [5, 5.41) is 8.99. The number of esters is 2. The summed E-state index contributed by atoms with van der Waals surface area (Å²) in [5.74, 6) is -2.71. The van der Waals surface area contributed by atoms with E-state index in [-0.39, 0.29) is 39.1 Å². The van der Waals surface area contributed by atoms with Crippen LogP contribution in [-0.2, 0) is 14.3 Å². The third-order valence-electron chi connectivity index (χ3n) is 2.57. The van der Waals surface area contributed by atoms with E-state index in [4.69, 9.17) is 24.1 Å². The number of rotatable bonds is 5. The third kappa shape index (κ3) is 3.27. The predicted octanol–water partition coefficient (Wildman–Crippen LogP) is 1.70. The molecule has 0 radical (unpaired) electrons. The highest BCUT2D eigenvalue weighted by molar-refractivity contribution is 14.1. The number of hydrogen-bond donors (Lipinski definition) is 1. The Balaban J connectivity index is 2.44. The van der Waals surface area contributed by atoms with Crippen molar-refractivity contribution in [1.82, 2.24) is 0 Å². The number of ether oxygens (including phenoxy) is 4. The van der Waals surface area contributed by atoms with Crippen molar-refractivity contribution in [2.45, 2.75) is 13.0 Å². The fourth-order valence-corrected chi connectivity index (χ4v) is 2.93. The molecule has 0 fully saturated rings. The molecule has 2 heterocycles. The zero-order valence-corrected chi connectivity index (χ0v) is 14.3. The van der Waals surface area contributed by atoms with Crippen LogP contribution in [0.25, 0.3) is 0 Å². The van der Waals surface area contributed by atoms with Crippen LogP contribution in [0.5, 0.6) is 11.5 Å². The number of fused-ring (bicyclic) bond motifs is 1. The number of thiophene rings is 1. The smallest absolute Gasteiger partial charge is 0.353 e. The molecule has 8 nitrogen and oxygen atoms in total. The summed E-state index contributed by atoms with van der Waals surface area (Å²) in [6.07, 6.45) is -1.26. The second-order valence-electron chi connectivity index (χ2n) is 3.94. The molecule has 0 spiro atoms. The Morgan fingerprint density at radius 3 is 2.50 bits per heavy atom. The van der Waals surface area contributed by atoms with Crippen LogP contribution < -0.4 is 9.47 Å². The molecule has 1 aromatic heterocycles. The second-order valence-corrected chi connectivity index (χ2v) is 5.58. The molecule has 1 atom stereocenters. The first-order chi connectivity index (χ1) is 10.5. The molecule has 0 bridgehead atoms. The van der Waals surface area contributed by atoms with Crippen LogP contribution >= 0.6 is 33.9 Å². The quantitative estimate of drug-likeness (QED) is 0.417. The van der Waals surface area contributed by atoms with Gasteiger partial charge in [-0.2, -0.15) is 0 Å². The Bertz CT molecular complexity index is 611. The van der Waals surface area contributed by atoms with Gasteiger partial charge in [-0.15, -0.1) is 11.3 Å². The predicted molar refractivity (Wildman–Crippen MR) is 82.1 cm³/mol. The number of aliphatic carboxylic acids is 1. The van der Waals surface area contributed by atoms with Gasteiger partial charge in [0.1, 0.15) is 11.2 Å². The second kappa shape index (κ2) is 7.13. The molecule has 0 aliphatic carbocycles. The minimum Gasteiger partial charge on any atom is -0.483 e. The number of carboxylic acids is 1. The lowest BCUT2D eigenvalue weighted by molar-refractivity contribution is -0.147. The molecule has 0 saturated carbocycles. The summed E-state index contributed by atoms with van der Waals surface area (Å²) in [5.41, 5.74) is 0. The van der Waals surface area contributed by atoms with Gasteiger partial charge in [0.05, 0.1) is 6.61 Å². The fourth-order valence-electron chi connectivity index (χ4n) is 1.68. The summed E-state index contributed by atoms with van der Waals surface area (Å²) in [6, 6.07) is 0. The van der Waals surface area contributed by atoms with Crippen LogP contribution in [0.4, 0.5) is 0 Å². The Morgan fingerprint density at radius 1 is 1.27 bits per heavy atom. The maximum absolute atomic E-state index is 11.9. The summed E-state index contributed by atoms with van der Waals surface area (Å²) < 4.78 is 20.4. The molecule has 10 heteroatoms. The molecule has 120 valence electrons.